The minimum atomic E-state index is -0.591. The molecule has 2 heterocycles. The average Bonchev–Trinajstić information content (AvgIpc) is 2.64. The van der Waals surface area contributed by atoms with E-state index in [0.29, 0.717) is 55.4 Å². The molecule has 0 N–H and O–H groups in total. The van der Waals surface area contributed by atoms with Crippen molar-refractivity contribution in [1.29, 1.82) is 0 Å². The van der Waals surface area contributed by atoms with Crippen molar-refractivity contribution < 1.29 is 28.5 Å². The van der Waals surface area contributed by atoms with Crippen LogP contribution in [0.25, 0.3) is 0 Å². The smallest absolute Gasteiger partial charge is 0.338 e. The number of piperidine rings is 1. The van der Waals surface area contributed by atoms with Gasteiger partial charge in [0.1, 0.15) is 13.2 Å². The lowest BCUT2D eigenvalue weighted by molar-refractivity contribution is -0.137. The van der Waals surface area contributed by atoms with Gasteiger partial charge in [-0.25, -0.2) is 4.79 Å². The molecule has 1 aromatic carbocycles. The second kappa shape index (κ2) is 7.85. The molecule has 7 nitrogen and oxygen atoms in total. The summed E-state index contributed by atoms with van der Waals surface area (Å²) in [5.74, 6) is 1.48. The third-order valence-corrected chi connectivity index (χ3v) is 4.61. The van der Waals surface area contributed by atoms with Crippen LogP contribution in [0.3, 0.4) is 0 Å². The SMILES string of the molecule is COc1cc(C(=O)OCC(=O)N2C[C@H](C)C[C@@H](C)C2)cc2c1OCCO2. The van der Waals surface area contributed by atoms with Crippen LogP contribution in [-0.4, -0.2) is 56.8 Å². The van der Waals surface area contributed by atoms with Gasteiger partial charge in [0.15, 0.2) is 18.1 Å². The fourth-order valence-corrected chi connectivity index (χ4v) is 3.56. The highest BCUT2D eigenvalue weighted by Gasteiger charge is 2.27. The molecule has 0 unspecified atom stereocenters. The molecule has 0 saturated carbocycles. The van der Waals surface area contributed by atoms with Crippen molar-refractivity contribution in [2.75, 3.05) is 40.0 Å². The lowest BCUT2D eigenvalue weighted by atomic mass is 9.92. The van der Waals surface area contributed by atoms with E-state index in [9.17, 15) is 9.59 Å². The third kappa shape index (κ3) is 4.03. The fraction of sp³-hybridized carbons (Fsp3) is 0.579. The van der Waals surface area contributed by atoms with E-state index in [1.165, 1.54) is 13.2 Å². The number of ether oxygens (including phenoxy) is 4. The lowest BCUT2D eigenvalue weighted by Crippen LogP contribution is -2.44. The summed E-state index contributed by atoms with van der Waals surface area (Å²) >= 11 is 0. The van der Waals surface area contributed by atoms with Crippen molar-refractivity contribution in [3.05, 3.63) is 17.7 Å². The molecule has 2 aliphatic rings. The van der Waals surface area contributed by atoms with E-state index in [-0.39, 0.29) is 18.1 Å². The molecule has 0 radical (unpaired) electrons. The average molecular weight is 363 g/mol. The second-order valence-corrected chi connectivity index (χ2v) is 7.02. The minimum absolute atomic E-state index is 0.166. The van der Waals surface area contributed by atoms with Gasteiger partial charge >= 0.3 is 5.97 Å². The summed E-state index contributed by atoms with van der Waals surface area (Å²) in [4.78, 5) is 26.5. The van der Waals surface area contributed by atoms with Gasteiger partial charge < -0.3 is 23.8 Å². The van der Waals surface area contributed by atoms with Gasteiger partial charge in [0.25, 0.3) is 5.91 Å². The number of carbonyl (C=O) groups excluding carboxylic acids is 2. The molecule has 2 atom stereocenters. The Morgan fingerprint density at radius 2 is 1.85 bits per heavy atom. The maximum atomic E-state index is 12.4. The maximum Gasteiger partial charge on any atom is 0.338 e. The molecule has 1 aromatic rings. The van der Waals surface area contributed by atoms with Gasteiger partial charge in [0, 0.05) is 13.1 Å². The van der Waals surface area contributed by atoms with Crippen LogP contribution in [0.1, 0.15) is 30.6 Å². The molecular weight excluding hydrogens is 338 g/mol. The molecule has 1 amide bonds. The van der Waals surface area contributed by atoms with E-state index in [0.717, 1.165) is 6.42 Å². The van der Waals surface area contributed by atoms with E-state index in [1.54, 1.807) is 11.0 Å². The first kappa shape index (κ1) is 18.4. The fourth-order valence-electron chi connectivity index (χ4n) is 3.56. The van der Waals surface area contributed by atoms with Gasteiger partial charge in [-0.3, -0.25) is 4.79 Å². The van der Waals surface area contributed by atoms with Crippen molar-refractivity contribution in [3.63, 3.8) is 0 Å². The molecule has 0 spiro atoms. The van der Waals surface area contributed by atoms with E-state index in [2.05, 4.69) is 13.8 Å². The number of hydrogen-bond acceptors (Lipinski definition) is 6. The summed E-state index contributed by atoms with van der Waals surface area (Å²) < 4.78 is 21.5. The first-order valence-corrected chi connectivity index (χ1v) is 8.90. The Morgan fingerprint density at radius 3 is 2.54 bits per heavy atom. The van der Waals surface area contributed by atoms with Crippen molar-refractivity contribution in [3.8, 4) is 17.2 Å². The highest BCUT2D eigenvalue weighted by Crippen LogP contribution is 2.40. The normalized spacial score (nSPS) is 21.9. The van der Waals surface area contributed by atoms with Crippen molar-refractivity contribution >= 4 is 11.9 Å². The Morgan fingerprint density at radius 1 is 1.15 bits per heavy atom. The molecule has 0 aromatic heterocycles. The molecular formula is C19H25NO6. The van der Waals surface area contributed by atoms with Crippen molar-refractivity contribution in [2.24, 2.45) is 11.8 Å². The molecule has 1 saturated heterocycles. The molecule has 1 fully saturated rings. The zero-order valence-corrected chi connectivity index (χ0v) is 15.4. The van der Waals surface area contributed by atoms with Crippen molar-refractivity contribution in [2.45, 2.75) is 20.3 Å². The monoisotopic (exact) mass is 363 g/mol. The summed E-state index contributed by atoms with van der Waals surface area (Å²) in [7, 11) is 1.49. The predicted octanol–water partition coefficient (Wildman–Crippen LogP) is 2.13. The van der Waals surface area contributed by atoms with Crippen LogP contribution in [0.15, 0.2) is 12.1 Å². The highest BCUT2D eigenvalue weighted by atomic mass is 16.6. The van der Waals surface area contributed by atoms with Crippen LogP contribution >= 0.6 is 0 Å². The van der Waals surface area contributed by atoms with Crippen LogP contribution in [0.2, 0.25) is 0 Å². The Hall–Kier alpha value is -2.44. The predicted molar refractivity (Wildman–Crippen MR) is 93.8 cm³/mol. The number of carbonyl (C=O) groups is 2. The zero-order chi connectivity index (χ0) is 18.7. The first-order chi connectivity index (χ1) is 12.5. The third-order valence-electron chi connectivity index (χ3n) is 4.61. The van der Waals surface area contributed by atoms with Crippen LogP contribution in [0, 0.1) is 11.8 Å². The van der Waals surface area contributed by atoms with E-state index < -0.39 is 5.97 Å². The summed E-state index contributed by atoms with van der Waals surface area (Å²) in [6, 6.07) is 3.08. The van der Waals surface area contributed by atoms with Crippen LogP contribution in [-0.2, 0) is 9.53 Å². The van der Waals surface area contributed by atoms with E-state index >= 15 is 0 Å². The quantitative estimate of drug-likeness (QED) is 0.763. The molecule has 0 aliphatic carbocycles. The van der Waals surface area contributed by atoms with Crippen LogP contribution < -0.4 is 14.2 Å². The first-order valence-electron chi connectivity index (χ1n) is 8.90. The van der Waals surface area contributed by atoms with E-state index in [1.807, 2.05) is 0 Å². The zero-order valence-electron chi connectivity index (χ0n) is 15.4. The Labute approximate surface area is 153 Å². The summed E-state index contributed by atoms with van der Waals surface area (Å²) in [6.07, 6.45) is 1.11. The molecule has 2 aliphatic heterocycles. The molecule has 0 bridgehead atoms. The number of fused-ring (bicyclic) bond motifs is 1. The Bertz CT molecular complexity index is 662. The minimum Gasteiger partial charge on any atom is -0.493 e. The number of esters is 1. The van der Waals surface area contributed by atoms with Gasteiger partial charge in [0.2, 0.25) is 5.75 Å². The number of nitrogens with zero attached hydrogens (tertiary/aromatic N) is 1. The number of amides is 1. The van der Waals surface area contributed by atoms with Gasteiger partial charge in [0.05, 0.1) is 12.7 Å². The second-order valence-electron chi connectivity index (χ2n) is 7.02. The van der Waals surface area contributed by atoms with Crippen LogP contribution in [0.5, 0.6) is 17.2 Å². The highest BCUT2D eigenvalue weighted by molar-refractivity contribution is 5.92. The number of hydrogen-bond donors (Lipinski definition) is 0. The Kier molecular flexibility index (Phi) is 5.54. The van der Waals surface area contributed by atoms with Crippen molar-refractivity contribution in [1.82, 2.24) is 4.90 Å². The maximum absolute atomic E-state index is 12.4. The van der Waals surface area contributed by atoms with Gasteiger partial charge in [-0.15, -0.1) is 0 Å². The summed E-state index contributed by atoms with van der Waals surface area (Å²) in [5.41, 5.74) is 0.263. The van der Waals surface area contributed by atoms with Crippen LogP contribution in [0.4, 0.5) is 0 Å². The summed E-state index contributed by atoms with van der Waals surface area (Å²) in [6.45, 7) is 6.23. The largest absolute Gasteiger partial charge is 0.493 e. The number of benzene rings is 1. The topological polar surface area (TPSA) is 74.3 Å². The number of likely N-dealkylation sites (tertiary alicyclic amines) is 1. The van der Waals surface area contributed by atoms with Gasteiger partial charge in [-0.1, -0.05) is 13.8 Å². The van der Waals surface area contributed by atoms with Gasteiger partial charge in [-0.05, 0) is 30.4 Å². The molecule has 26 heavy (non-hydrogen) atoms. The van der Waals surface area contributed by atoms with Gasteiger partial charge in [-0.2, -0.15) is 0 Å². The molecule has 142 valence electrons. The summed E-state index contributed by atoms with van der Waals surface area (Å²) in [5, 5.41) is 0. The molecule has 3 rings (SSSR count). The van der Waals surface area contributed by atoms with E-state index in [4.69, 9.17) is 18.9 Å². The molecule has 7 heteroatoms. The Balaban J connectivity index is 1.64. The number of rotatable bonds is 4. The number of methoxy groups -OCH3 is 1. The standard InChI is InChI=1S/C19H25NO6/c1-12-6-13(2)10-20(9-12)17(21)11-26-19(22)14-7-15(23-3)18-16(8-14)24-4-5-25-18/h7-8,12-13H,4-6,9-11H2,1-3H3/t12-,13-/m1/s1. The lowest BCUT2D eigenvalue weighted by Gasteiger charge is -2.34.